The van der Waals surface area contributed by atoms with Crippen LogP contribution in [0.25, 0.3) is 21.9 Å². The van der Waals surface area contributed by atoms with Crippen LogP contribution in [0.5, 0.6) is 0 Å². The van der Waals surface area contributed by atoms with Gasteiger partial charge < -0.3 is 5.32 Å². The largest absolute Gasteiger partial charge is 0.381 e. The molecule has 0 radical (unpaired) electrons. The van der Waals surface area contributed by atoms with Crippen LogP contribution in [-0.4, -0.2) is 21.2 Å². The van der Waals surface area contributed by atoms with Gasteiger partial charge in [0.15, 0.2) is 5.65 Å². The highest BCUT2D eigenvalue weighted by Crippen LogP contribution is 2.32. The summed E-state index contributed by atoms with van der Waals surface area (Å²) in [6, 6.07) is 8.66. The molecule has 0 amide bonds. The van der Waals surface area contributed by atoms with Gasteiger partial charge in [0.25, 0.3) is 0 Å². The molecule has 4 nitrogen and oxygen atoms in total. The molecular formula is C16H20N4. The molecule has 0 fully saturated rings. The van der Waals surface area contributed by atoms with Gasteiger partial charge in [-0.2, -0.15) is 5.10 Å². The molecule has 0 unspecified atom stereocenters. The fourth-order valence-corrected chi connectivity index (χ4v) is 2.73. The van der Waals surface area contributed by atoms with Crippen LogP contribution in [0.2, 0.25) is 0 Å². The average Bonchev–Trinajstić information content (AvgIpc) is 2.80. The van der Waals surface area contributed by atoms with Crippen LogP contribution in [0.15, 0.2) is 24.3 Å². The Labute approximate surface area is 118 Å². The molecule has 2 heterocycles. The van der Waals surface area contributed by atoms with Crippen LogP contribution in [-0.2, 0) is 0 Å². The number of fused-ring (bicyclic) bond motifs is 2. The third-order valence-electron chi connectivity index (χ3n) is 3.69. The molecule has 0 spiro atoms. The minimum atomic E-state index is 0.434. The molecule has 0 aliphatic heterocycles. The summed E-state index contributed by atoms with van der Waals surface area (Å²) in [7, 11) is 0. The Kier molecular flexibility index (Phi) is 3.30. The van der Waals surface area contributed by atoms with Gasteiger partial charge in [0.05, 0.1) is 16.6 Å². The van der Waals surface area contributed by atoms with E-state index in [1.165, 1.54) is 6.42 Å². The monoisotopic (exact) mass is 268 g/mol. The van der Waals surface area contributed by atoms with Crippen molar-refractivity contribution in [3.8, 4) is 0 Å². The fraction of sp³-hybridized carbons (Fsp3) is 0.375. The molecule has 2 aromatic heterocycles. The van der Waals surface area contributed by atoms with Crippen molar-refractivity contribution in [1.82, 2.24) is 15.2 Å². The molecule has 0 aliphatic rings. The van der Waals surface area contributed by atoms with Crippen molar-refractivity contribution in [2.75, 3.05) is 5.32 Å². The number of hydrogen-bond acceptors (Lipinski definition) is 3. The van der Waals surface area contributed by atoms with Gasteiger partial charge in [0.1, 0.15) is 0 Å². The van der Waals surface area contributed by atoms with Gasteiger partial charge in [-0.3, -0.25) is 5.10 Å². The van der Waals surface area contributed by atoms with Crippen LogP contribution >= 0.6 is 0 Å². The predicted molar refractivity (Wildman–Crippen MR) is 84.1 cm³/mol. The number of anilines is 1. The molecule has 0 saturated carbocycles. The van der Waals surface area contributed by atoms with E-state index in [2.05, 4.69) is 46.5 Å². The van der Waals surface area contributed by atoms with E-state index >= 15 is 0 Å². The third-order valence-corrected chi connectivity index (χ3v) is 3.69. The topological polar surface area (TPSA) is 53.6 Å². The fourth-order valence-electron chi connectivity index (χ4n) is 2.73. The lowest BCUT2D eigenvalue weighted by Crippen LogP contribution is -2.15. The highest BCUT2D eigenvalue weighted by atomic mass is 15.2. The number of benzene rings is 1. The van der Waals surface area contributed by atoms with Gasteiger partial charge in [-0.05, 0) is 26.3 Å². The first-order chi connectivity index (χ1) is 9.70. The molecule has 104 valence electrons. The highest BCUT2D eigenvalue weighted by molar-refractivity contribution is 6.07. The van der Waals surface area contributed by atoms with Gasteiger partial charge in [0, 0.05) is 17.1 Å². The Morgan fingerprint density at radius 1 is 1.30 bits per heavy atom. The van der Waals surface area contributed by atoms with Crippen LogP contribution in [0.4, 0.5) is 5.69 Å². The van der Waals surface area contributed by atoms with E-state index in [9.17, 15) is 0 Å². The number of rotatable bonds is 4. The van der Waals surface area contributed by atoms with E-state index in [4.69, 9.17) is 0 Å². The maximum absolute atomic E-state index is 4.63. The zero-order valence-electron chi connectivity index (χ0n) is 12.2. The minimum absolute atomic E-state index is 0.434. The first-order valence-electron chi connectivity index (χ1n) is 7.20. The summed E-state index contributed by atoms with van der Waals surface area (Å²) in [5.74, 6) is 0. The second kappa shape index (κ2) is 5.12. The summed E-state index contributed by atoms with van der Waals surface area (Å²) < 4.78 is 0. The van der Waals surface area contributed by atoms with E-state index in [1.807, 2.05) is 19.1 Å². The lowest BCUT2D eigenvalue weighted by Gasteiger charge is -2.17. The van der Waals surface area contributed by atoms with Crippen molar-refractivity contribution < 1.29 is 0 Å². The quantitative estimate of drug-likeness (QED) is 0.751. The second-order valence-corrected chi connectivity index (χ2v) is 5.39. The number of aryl methyl sites for hydroxylation is 1. The zero-order chi connectivity index (χ0) is 14.1. The lowest BCUT2D eigenvalue weighted by atomic mass is 10.1. The van der Waals surface area contributed by atoms with Crippen molar-refractivity contribution in [1.29, 1.82) is 0 Å². The molecule has 3 aromatic rings. The molecular weight excluding hydrogens is 248 g/mol. The van der Waals surface area contributed by atoms with Crippen molar-refractivity contribution in [3.05, 3.63) is 30.0 Å². The number of aromatic nitrogens is 3. The second-order valence-electron chi connectivity index (χ2n) is 5.39. The van der Waals surface area contributed by atoms with E-state index in [1.54, 1.807) is 0 Å². The predicted octanol–water partition coefficient (Wildman–Crippen LogP) is 4.02. The molecule has 0 bridgehead atoms. The Balaban J connectivity index is 2.24. The molecule has 20 heavy (non-hydrogen) atoms. The summed E-state index contributed by atoms with van der Waals surface area (Å²) in [6.45, 7) is 6.48. The van der Waals surface area contributed by atoms with Crippen molar-refractivity contribution >= 4 is 27.6 Å². The lowest BCUT2D eigenvalue weighted by molar-refractivity contribution is 0.692. The van der Waals surface area contributed by atoms with Crippen LogP contribution in [0.1, 0.15) is 32.4 Å². The Hall–Kier alpha value is -2.10. The Morgan fingerprint density at radius 3 is 2.90 bits per heavy atom. The van der Waals surface area contributed by atoms with Gasteiger partial charge in [-0.1, -0.05) is 31.5 Å². The van der Waals surface area contributed by atoms with Crippen molar-refractivity contribution in [2.45, 2.75) is 39.7 Å². The standard InChI is InChI=1S/C16H20N4/c1-4-7-10(2)17-15-12-8-5-6-9-13(12)18-16-14(15)11(3)19-20-16/h5-6,8-10H,4,7H2,1-3H3,(H2,17,18,19,20)/t10-/m0/s1. The number of pyridine rings is 1. The summed E-state index contributed by atoms with van der Waals surface area (Å²) in [5, 5.41) is 13.3. The molecule has 2 N–H and O–H groups in total. The van der Waals surface area contributed by atoms with E-state index in [-0.39, 0.29) is 0 Å². The number of hydrogen-bond donors (Lipinski definition) is 2. The molecule has 3 rings (SSSR count). The number of H-pyrrole nitrogens is 1. The first-order valence-corrected chi connectivity index (χ1v) is 7.20. The van der Waals surface area contributed by atoms with Gasteiger partial charge >= 0.3 is 0 Å². The van der Waals surface area contributed by atoms with Crippen LogP contribution in [0, 0.1) is 6.92 Å². The average molecular weight is 268 g/mol. The van der Waals surface area contributed by atoms with Gasteiger partial charge in [-0.15, -0.1) is 0 Å². The zero-order valence-corrected chi connectivity index (χ0v) is 12.2. The van der Waals surface area contributed by atoms with Gasteiger partial charge in [0.2, 0.25) is 0 Å². The Bertz CT molecular complexity index is 745. The van der Waals surface area contributed by atoms with Crippen molar-refractivity contribution in [3.63, 3.8) is 0 Å². The summed E-state index contributed by atoms with van der Waals surface area (Å²) in [4.78, 5) is 4.63. The van der Waals surface area contributed by atoms with Crippen LogP contribution in [0.3, 0.4) is 0 Å². The van der Waals surface area contributed by atoms with Crippen LogP contribution < -0.4 is 5.32 Å². The number of nitrogens with one attached hydrogen (secondary N) is 2. The van der Waals surface area contributed by atoms with Crippen molar-refractivity contribution in [2.24, 2.45) is 0 Å². The molecule has 1 atom stereocenters. The van der Waals surface area contributed by atoms with Gasteiger partial charge in [-0.25, -0.2) is 4.98 Å². The van der Waals surface area contributed by atoms with E-state index in [0.717, 1.165) is 39.7 Å². The highest BCUT2D eigenvalue weighted by Gasteiger charge is 2.14. The molecule has 0 saturated heterocycles. The first kappa shape index (κ1) is 12.9. The summed E-state index contributed by atoms with van der Waals surface area (Å²) in [6.07, 6.45) is 2.32. The maximum Gasteiger partial charge on any atom is 0.183 e. The molecule has 1 aromatic carbocycles. The summed E-state index contributed by atoms with van der Waals surface area (Å²) >= 11 is 0. The minimum Gasteiger partial charge on any atom is -0.381 e. The number of aromatic amines is 1. The third kappa shape index (κ3) is 2.11. The van der Waals surface area contributed by atoms with E-state index < -0.39 is 0 Å². The molecule has 0 aliphatic carbocycles. The SMILES string of the molecule is CCC[C@H](C)Nc1c2ccccc2nc2n[nH]c(C)c12. The summed E-state index contributed by atoms with van der Waals surface area (Å²) in [5.41, 5.74) is 3.98. The Morgan fingerprint density at radius 2 is 2.10 bits per heavy atom. The maximum atomic E-state index is 4.63. The number of nitrogens with zero attached hydrogens (tertiary/aromatic N) is 2. The molecule has 4 heteroatoms. The normalized spacial score (nSPS) is 12.9. The smallest absolute Gasteiger partial charge is 0.183 e. The van der Waals surface area contributed by atoms with E-state index in [0.29, 0.717) is 6.04 Å². The number of para-hydroxylation sites is 1.